The van der Waals surface area contributed by atoms with Crippen molar-refractivity contribution in [2.24, 2.45) is 5.41 Å². The SMILES string of the molecule is COc1ccc(CNC(=O)[C@@]23CCCC[C@H]2N(C)C(=O)CC3)c(OC)c1. The number of benzene rings is 1. The Kier molecular flexibility index (Phi) is 5.39. The van der Waals surface area contributed by atoms with Gasteiger partial charge in [0.15, 0.2) is 0 Å². The van der Waals surface area contributed by atoms with Crippen molar-refractivity contribution < 1.29 is 19.1 Å². The molecule has 0 radical (unpaired) electrons. The van der Waals surface area contributed by atoms with Crippen molar-refractivity contribution in [2.75, 3.05) is 21.3 Å². The van der Waals surface area contributed by atoms with Gasteiger partial charge in [-0.1, -0.05) is 12.8 Å². The van der Waals surface area contributed by atoms with Crippen LogP contribution in [0.1, 0.15) is 44.1 Å². The minimum absolute atomic E-state index is 0.00950. The van der Waals surface area contributed by atoms with Gasteiger partial charge in [0.1, 0.15) is 11.5 Å². The molecule has 1 aromatic rings. The van der Waals surface area contributed by atoms with Crippen LogP contribution < -0.4 is 14.8 Å². The van der Waals surface area contributed by atoms with E-state index >= 15 is 0 Å². The Hall–Kier alpha value is -2.24. The number of carbonyl (C=O) groups excluding carboxylic acids is 2. The molecule has 3 rings (SSSR count). The minimum atomic E-state index is -0.458. The highest BCUT2D eigenvalue weighted by molar-refractivity contribution is 5.87. The Morgan fingerprint density at radius 1 is 1.27 bits per heavy atom. The molecule has 2 fully saturated rings. The van der Waals surface area contributed by atoms with Gasteiger partial charge in [0.25, 0.3) is 0 Å². The van der Waals surface area contributed by atoms with E-state index in [2.05, 4.69) is 5.32 Å². The summed E-state index contributed by atoms with van der Waals surface area (Å²) >= 11 is 0. The molecule has 1 aliphatic heterocycles. The average molecular weight is 360 g/mol. The largest absolute Gasteiger partial charge is 0.497 e. The highest BCUT2D eigenvalue weighted by Crippen LogP contribution is 2.46. The maximum atomic E-state index is 13.2. The van der Waals surface area contributed by atoms with Gasteiger partial charge in [-0.05, 0) is 31.4 Å². The van der Waals surface area contributed by atoms with Gasteiger partial charge in [0.2, 0.25) is 11.8 Å². The quantitative estimate of drug-likeness (QED) is 0.876. The molecule has 1 saturated heterocycles. The van der Waals surface area contributed by atoms with Crippen LogP contribution in [0.2, 0.25) is 0 Å². The van der Waals surface area contributed by atoms with Gasteiger partial charge in [-0.25, -0.2) is 0 Å². The molecule has 1 N–H and O–H groups in total. The zero-order valence-corrected chi connectivity index (χ0v) is 15.8. The molecule has 0 bridgehead atoms. The van der Waals surface area contributed by atoms with E-state index in [1.165, 1.54) is 0 Å². The maximum absolute atomic E-state index is 13.2. The number of ether oxygens (including phenoxy) is 2. The fourth-order valence-corrected chi connectivity index (χ4v) is 4.48. The molecule has 2 aliphatic rings. The molecule has 2 amide bonds. The van der Waals surface area contributed by atoms with Gasteiger partial charge < -0.3 is 19.7 Å². The zero-order chi connectivity index (χ0) is 18.7. The van der Waals surface area contributed by atoms with Gasteiger partial charge in [0.05, 0.1) is 19.6 Å². The Balaban J connectivity index is 1.75. The van der Waals surface area contributed by atoms with Crippen molar-refractivity contribution in [2.45, 2.75) is 51.1 Å². The summed E-state index contributed by atoms with van der Waals surface area (Å²) in [5.41, 5.74) is 0.450. The van der Waals surface area contributed by atoms with Crippen molar-refractivity contribution in [3.05, 3.63) is 23.8 Å². The summed E-state index contributed by atoms with van der Waals surface area (Å²) in [5, 5.41) is 3.11. The molecule has 1 heterocycles. The molecule has 2 atom stereocenters. The van der Waals surface area contributed by atoms with Crippen LogP contribution in [0, 0.1) is 5.41 Å². The van der Waals surface area contributed by atoms with Crippen molar-refractivity contribution in [3.8, 4) is 11.5 Å². The number of nitrogens with one attached hydrogen (secondary N) is 1. The number of likely N-dealkylation sites (tertiary alicyclic amines) is 1. The van der Waals surface area contributed by atoms with Gasteiger partial charge in [0, 0.05) is 37.7 Å². The van der Waals surface area contributed by atoms with Crippen molar-refractivity contribution in [3.63, 3.8) is 0 Å². The lowest BCUT2D eigenvalue weighted by Crippen LogP contribution is -2.60. The van der Waals surface area contributed by atoms with E-state index in [0.29, 0.717) is 25.1 Å². The number of fused-ring (bicyclic) bond motifs is 1. The van der Waals surface area contributed by atoms with E-state index in [4.69, 9.17) is 9.47 Å². The number of hydrogen-bond donors (Lipinski definition) is 1. The Morgan fingerprint density at radius 3 is 2.81 bits per heavy atom. The first-order valence-corrected chi connectivity index (χ1v) is 9.26. The van der Waals surface area contributed by atoms with Crippen LogP contribution >= 0.6 is 0 Å². The number of methoxy groups -OCH3 is 2. The molecule has 6 nitrogen and oxygen atoms in total. The van der Waals surface area contributed by atoms with Crippen molar-refractivity contribution in [1.29, 1.82) is 0 Å². The van der Waals surface area contributed by atoms with E-state index in [9.17, 15) is 9.59 Å². The number of amides is 2. The molecule has 0 unspecified atom stereocenters. The summed E-state index contributed by atoms with van der Waals surface area (Å²) in [6.07, 6.45) is 4.96. The Labute approximate surface area is 154 Å². The van der Waals surface area contributed by atoms with Crippen LogP contribution in [0.3, 0.4) is 0 Å². The monoisotopic (exact) mass is 360 g/mol. The van der Waals surface area contributed by atoms with Crippen LogP contribution in [0.15, 0.2) is 18.2 Å². The number of hydrogen-bond acceptors (Lipinski definition) is 4. The van der Waals surface area contributed by atoms with Gasteiger partial charge in [-0.15, -0.1) is 0 Å². The smallest absolute Gasteiger partial charge is 0.228 e. The number of nitrogens with zero attached hydrogens (tertiary/aromatic N) is 1. The molecule has 142 valence electrons. The van der Waals surface area contributed by atoms with Crippen molar-refractivity contribution in [1.82, 2.24) is 10.2 Å². The second-order valence-corrected chi connectivity index (χ2v) is 7.28. The first-order chi connectivity index (χ1) is 12.5. The third-order valence-electron chi connectivity index (χ3n) is 6.02. The van der Waals surface area contributed by atoms with E-state index in [-0.39, 0.29) is 17.9 Å². The normalized spacial score (nSPS) is 25.4. The van der Waals surface area contributed by atoms with E-state index in [1.54, 1.807) is 19.1 Å². The van der Waals surface area contributed by atoms with Gasteiger partial charge in [-0.2, -0.15) is 0 Å². The fraction of sp³-hybridized carbons (Fsp3) is 0.600. The topological polar surface area (TPSA) is 67.9 Å². The third-order valence-corrected chi connectivity index (χ3v) is 6.02. The average Bonchev–Trinajstić information content (AvgIpc) is 2.68. The van der Waals surface area contributed by atoms with Gasteiger partial charge >= 0.3 is 0 Å². The van der Waals surface area contributed by atoms with Gasteiger partial charge in [-0.3, -0.25) is 9.59 Å². The van der Waals surface area contributed by atoms with Crippen LogP contribution in [0.4, 0.5) is 0 Å². The summed E-state index contributed by atoms with van der Waals surface area (Å²) in [4.78, 5) is 27.1. The standard InChI is InChI=1S/C20H28N2O4/c1-22-17-6-4-5-10-20(17,11-9-18(22)23)19(24)21-13-14-7-8-15(25-2)12-16(14)26-3/h7-8,12,17H,4-6,9-11,13H2,1-3H3,(H,21,24)/t17-,20-/m1/s1. The Morgan fingerprint density at radius 2 is 2.08 bits per heavy atom. The first-order valence-electron chi connectivity index (χ1n) is 9.26. The molecule has 0 spiro atoms. The zero-order valence-electron chi connectivity index (χ0n) is 15.8. The molecule has 1 aliphatic carbocycles. The molecule has 26 heavy (non-hydrogen) atoms. The fourth-order valence-electron chi connectivity index (χ4n) is 4.48. The second-order valence-electron chi connectivity index (χ2n) is 7.28. The summed E-state index contributed by atoms with van der Waals surface area (Å²) in [7, 11) is 5.06. The summed E-state index contributed by atoms with van der Waals surface area (Å²) in [6.45, 7) is 0.401. The second kappa shape index (κ2) is 7.56. The summed E-state index contributed by atoms with van der Waals surface area (Å²) in [6, 6.07) is 5.59. The van der Waals surface area contributed by atoms with Crippen LogP contribution in [-0.2, 0) is 16.1 Å². The number of piperidine rings is 1. The van der Waals surface area contributed by atoms with E-state index in [1.807, 2.05) is 25.2 Å². The molecule has 1 aromatic carbocycles. The third kappa shape index (κ3) is 3.24. The number of carbonyl (C=O) groups is 2. The molecule has 0 aromatic heterocycles. The van der Waals surface area contributed by atoms with Crippen molar-refractivity contribution >= 4 is 11.8 Å². The summed E-state index contributed by atoms with van der Waals surface area (Å²) < 4.78 is 10.6. The molecule has 1 saturated carbocycles. The predicted molar refractivity (Wildman–Crippen MR) is 98.1 cm³/mol. The minimum Gasteiger partial charge on any atom is -0.497 e. The highest BCUT2D eigenvalue weighted by Gasteiger charge is 2.52. The van der Waals surface area contributed by atoms with Crippen LogP contribution in [0.25, 0.3) is 0 Å². The molecule has 6 heteroatoms. The maximum Gasteiger partial charge on any atom is 0.228 e. The highest BCUT2D eigenvalue weighted by atomic mass is 16.5. The van der Waals surface area contributed by atoms with Crippen LogP contribution in [-0.4, -0.2) is 44.0 Å². The Bertz CT molecular complexity index is 690. The summed E-state index contributed by atoms with van der Waals surface area (Å²) in [5.74, 6) is 1.62. The van der Waals surface area contributed by atoms with Crippen LogP contribution in [0.5, 0.6) is 11.5 Å². The molecular formula is C20H28N2O4. The number of rotatable bonds is 5. The molecular weight excluding hydrogens is 332 g/mol. The lowest BCUT2D eigenvalue weighted by molar-refractivity contribution is -0.153. The van der Waals surface area contributed by atoms with E-state index < -0.39 is 5.41 Å². The lowest BCUT2D eigenvalue weighted by atomic mass is 9.64. The van der Waals surface area contributed by atoms with E-state index in [0.717, 1.165) is 37.0 Å². The first kappa shape index (κ1) is 18.5. The predicted octanol–water partition coefficient (Wildman–Crippen LogP) is 2.50. The lowest BCUT2D eigenvalue weighted by Gasteiger charge is -2.50.